The molecule has 0 saturated carbocycles. The van der Waals surface area contributed by atoms with E-state index >= 15 is 0 Å². The molecule has 0 aliphatic carbocycles. The monoisotopic (exact) mass is 166 g/mol. The second-order valence-electron chi connectivity index (χ2n) is 3.02. The molecule has 0 radical (unpaired) electrons. The largest absolute Gasteiger partial charge is 0.351 e. The third-order valence-electron chi connectivity index (χ3n) is 1.46. The highest BCUT2D eigenvalue weighted by molar-refractivity contribution is 5.84. The van der Waals surface area contributed by atoms with Crippen LogP contribution in [0.4, 0.5) is 0 Å². The van der Waals surface area contributed by atoms with E-state index < -0.39 is 5.41 Å². The lowest BCUT2D eigenvalue weighted by Gasteiger charge is -2.13. The summed E-state index contributed by atoms with van der Waals surface area (Å²) in [6, 6.07) is 1.93. The predicted molar refractivity (Wildman–Crippen MR) is 47.2 cm³/mol. The summed E-state index contributed by atoms with van der Waals surface area (Å²) in [5.74, 6) is -0.233. The maximum atomic E-state index is 11.2. The Bertz CT molecular complexity index is 223. The number of rotatable bonds is 3. The number of allylic oxidation sites excluding steroid dienone is 1. The summed E-state index contributed by atoms with van der Waals surface area (Å²) < 4.78 is 0. The highest BCUT2D eigenvalue weighted by Gasteiger charge is 2.26. The smallest absolute Gasteiger partial charge is 0.240 e. The molecule has 0 aromatic rings. The number of nitrogens with one attached hydrogen (secondary N) is 1. The van der Waals surface area contributed by atoms with Crippen LogP contribution in [0.5, 0.6) is 0 Å². The number of hydrogen-bond acceptors (Lipinski definition) is 2. The lowest BCUT2D eigenvalue weighted by atomic mass is 9.95. The molecule has 0 spiro atoms. The van der Waals surface area contributed by atoms with E-state index in [1.54, 1.807) is 13.8 Å². The zero-order valence-electron chi connectivity index (χ0n) is 7.72. The van der Waals surface area contributed by atoms with Crippen molar-refractivity contribution in [3.63, 3.8) is 0 Å². The number of nitrogens with zero attached hydrogens (tertiary/aromatic N) is 1. The van der Waals surface area contributed by atoms with Crippen LogP contribution in [0.1, 0.15) is 20.8 Å². The topological polar surface area (TPSA) is 52.9 Å². The fraction of sp³-hybridized carbons (Fsp3) is 0.556. The fourth-order valence-corrected chi connectivity index (χ4v) is 0.541. The Labute approximate surface area is 73.1 Å². The first-order chi connectivity index (χ1) is 5.54. The highest BCUT2D eigenvalue weighted by Crippen LogP contribution is 2.11. The SMILES string of the molecule is C/C=C/CNC(=O)C(C)(C)C#N. The number of nitriles is 1. The molecule has 0 aromatic carbocycles. The highest BCUT2D eigenvalue weighted by atomic mass is 16.2. The van der Waals surface area contributed by atoms with Crippen LogP contribution >= 0.6 is 0 Å². The van der Waals surface area contributed by atoms with Gasteiger partial charge < -0.3 is 5.32 Å². The molecule has 0 bridgehead atoms. The molecule has 1 amide bonds. The van der Waals surface area contributed by atoms with Crippen LogP contribution in [-0.4, -0.2) is 12.5 Å². The molecule has 0 saturated heterocycles. The average molecular weight is 166 g/mol. The molecular weight excluding hydrogens is 152 g/mol. The lowest BCUT2D eigenvalue weighted by molar-refractivity contribution is -0.126. The van der Waals surface area contributed by atoms with Gasteiger partial charge in [-0.1, -0.05) is 12.2 Å². The van der Waals surface area contributed by atoms with Crippen LogP contribution in [0.2, 0.25) is 0 Å². The maximum absolute atomic E-state index is 11.2. The van der Waals surface area contributed by atoms with Crippen molar-refractivity contribution in [3.05, 3.63) is 12.2 Å². The van der Waals surface area contributed by atoms with Crippen molar-refractivity contribution in [1.82, 2.24) is 5.32 Å². The Balaban J connectivity index is 3.98. The van der Waals surface area contributed by atoms with E-state index in [0.717, 1.165) is 0 Å². The Morgan fingerprint density at radius 3 is 2.67 bits per heavy atom. The molecule has 0 aliphatic rings. The second-order valence-corrected chi connectivity index (χ2v) is 3.02. The van der Waals surface area contributed by atoms with Gasteiger partial charge >= 0.3 is 0 Å². The van der Waals surface area contributed by atoms with Crippen molar-refractivity contribution < 1.29 is 4.79 Å². The van der Waals surface area contributed by atoms with Crippen LogP contribution in [0, 0.1) is 16.7 Å². The molecule has 0 aromatic heterocycles. The van der Waals surface area contributed by atoms with Crippen LogP contribution in [0.3, 0.4) is 0 Å². The van der Waals surface area contributed by atoms with Gasteiger partial charge in [-0.15, -0.1) is 0 Å². The van der Waals surface area contributed by atoms with E-state index in [-0.39, 0.29) is 5.91 Å². The van der Waals surface area contributed by atoms with Crippen LogP contribution in [-0.2, 0) is 4.79 Å². The minimum Gasteiger partial charge on any atom is -0.351 e. The van der Waals surface area contributed by atoms with Crippen molar-refractivity contribution in [2.75, 3.05) is 6.54 Å². The molecule has 0 rings (SSSR count). The molecule has 0 unspecified atom stereocenters. The Morgan fingerprint density at radius 2 is 2.25 bits per heavy atom. The number of hydrogen-bond donors (Lipinski definition) is 1. The number of amides is 1. The summed E-state index contributed by atoms with van der Waals surface area (Å²) >= 11 is 0. The molecule has 3 nitrogen and oxygen atoms in total. The summed E-state index contributed by atoms with van der Waals surface area (Å²) in [5, 5.41) is 11.2. The second kappa shape index (κ2) is 4.55. The third kappa shape index (κ3) is 3.20. The van der Waals surface area contributed by atoms with Gasteiger partial charge in [0.2, 0.25) is 5.91 Å². The molecule has 66 valence electrons. The normalized spacial score (nSPS) is 11.2. The van der Waals surface area contributed by atoms with Crippen molar-refractivity contribution in [2.45, 2.75) is 20.8 Å². The minimum atomic E-state index is -0.929. The predicted octanol–water partition coefficient (Wildman–Crippen LogP) is 1.23. The van der Waals surface area contributed by atoms with E-state index in [0.29, 0.717) is 6.54 Å². The molecule has 0 heterocycles. The van der Waals surface area contributed by atoms with E-state index in [1.807, 2.05) is 25.1 Å². The summed E-state index contributed by atoms with van der Waals surface area (Å²) in [6.45, 7) is 5.55. The first-order valence-corrected chi connectivity index (χ1v) is 3.85. The van der Waals surface area contributed by atoms with Gasteiger partial charge in [0.25, 0.3) is 0 Å². The van der Waals surface area contributed by atoms with Crippen molar-refractivity contribution in [2.24, 2.45) is 5.41 Å². The summed E-state index contributed by atoms with van der Waals surface area (Å²) in [4.78, 5) is 11.2. The molecule has 0 fully saturated rings. The van der Waals surface area contributed by atoms with Gasteiger partial charge in [-0.05, 0) is 20.8 Å². The number of carbonyl (C=O) groups excluding carboxylic acids is 1. The van der Waals surface area contributed by atoms with E-state index in [1.165, 1.54) is 0 Å². The first kappa shape index (κ1) is 10.7. The molecule has 0 aliphatic heterocycles. The van der Waals surface area contributed by atoms with Crippen LogP contribution in [0.15, 0.2) is 12.2 Å². The van der Waals surface area contributed by atoms with Crippen LogP contribution in [0.25, 0.3) is 0 Å². The minimum absolute atomic E-state index is 0.233. The van der Waals surface area contributed by atoms with Gasteiger partial charge in [0.05, 0.1) is 6.07 Å². The molecule has 0 atom stereocenters. The zero-order chi connectivity index (χ0) is 9.61. The molecular formula is C9H14N2O. The average Bonchev–Trinajstić information content (AvgIpc) is 2.05. The van der Waals surface area contributed by atoms with Gasteiger partial charge in [-0.25, -0.2) is 0 Å². The Hall–Kier alpha value is -1.30. The van der Waals surface area contributed by atoms with Crippen LogP contribution < -0.4 is 5.32 Å². The molecule has 1 N–H and O–H groups in total. The standard InChI is InChI=1S/C9H14N2O/c1-4-5-6-11-8(12)9(2,3)7-10/h4-5H,6H2,1-3H3,(H,11,12)/b5-4+. The molecule has 3 heteroatoms. The van der Waals surface area contributed by atoms with E-state index in [9.17, 15) is 4.79 Å². The Kier molecular flexibility index (Phi) is 4.06. The summed E-state index contributed by atoms with van der Waals surface area (Å²) in [6.07, 6.45) is 3.67. The van der Waals surface area contributed by atoms with Gasteiger partial charge in [-0.2, -0.15) is 5.26 Å². The maximum Gasteiger partial charge on any atom is 0.240 e. The Morgan fingerprint density at radius 1 is 1.67 bits per heavy atom. The van der Waals surface area contributed by atoms with Gasteiger partial charge in [0.1, 0.15) is 5.41 Å². The first-order valence-electron chi connectivity index (χ1n) is 3.85. The summed E-state index contributed by atoms with van der Waals surface area (Å²) in [5.41, 5.74) is -0.929. The van der Waals surface area contributed by atoms with E-state index in [4.69, 9.17) is 5.26 Å². The van der Waals surface area contributed by atoms with Gasteiger partial charge in [-0.3, -0.25) is 4.79 Å². The van der Waals surface area contributed by atoms with Crippen molar-refractivity contribution in [3.8, 4) is 6.07 Å². The summed E-state index contributed by atoms with van der Waals surface area (Å²) in [7, 11) is 0. The number of carbonyl (C=O) groups is 1. The van der Waals surface area contributed by atoms with Gasteiger partial charge in [0, 0.05) is 6.54 Å². The van der Waals surface area contributed by atoms with Crippen molar-refractivity contribution >= 4 is 5.91 Å². The fourth-order valence-electron chi connectivity index (χ4n) is 0.541. The molecule has 12 heavy (non-hydrogen) atoms. The van der Waals surface area contributed by atoms with E-state index in [2.05, 4.69) is 5.32 Å². The zero-order valence-corrected chi connectivity index (χ0v) is 7.72. The quantitative estimate of drug-likeness (QED) is 0.641. The lowest BCUT2D eigenvalue weighted by Crippen LogP contribution is -2.35. The van der Waals surface area contributed by atoms with Crippen molar-refractivity contribution in [1.29, 1.82) is 5.26 Å². The van der Waals surface area contributed by atoms with Gasteiger partial charge in [0.15, 0.2) is 0 Å². The third-order valence-corrected chi connectivity index (χ3v) is 1.46.